The van der Waals surface area contributed by atoms with Crippen LogP contribution in [0.4, 0.5) is 0 Å². The van der Waals surface area contributed by atoms with E-state index in [-0.39, 0.29) is 30.9 Å². The third-order valence-corrected chi connectivity index (χ3v) is 7.52. The van der Waals surface area contributed by atoms with E-state index >= 15 is 0 Å². The van der Waals surface area contributed by atoms with E-state index in [2.05, 4.69) is 10.3 Å². The van der Waals surface area contributed by atoms with Gasteiger partial charge in [0.2, 0.25) is 5.91 Å². The number of rotatable bonds is 5. The first-order chi connectivity index (χ1) is 18.4. The second-order valence-electron chi connectivity index (χ2n) is 9.63. The van der Waals surface area contributed by atoms with Crippen molar-refractivity contribution in [1.29, 1.82) is 0 Å². The van der Waals surface area contributed by atoms with Crippen LogP contribution in [-0.4, -0.2) is 64.0 Å². The van der Waals surface area contributed by atoms with Crippen LogP contribution >= 0.6 is 11.6 Å². The van der Waals surface area contributed by atoms with Crippen LogP contribution in [0, 0.1) is 6.92 Å². The number of nitrogens with zero attached hydrogens (tertiary/aromatic N) is 3. The average molecular weight is 533 g/mol. The maximum Gasteiger partial charge on any atom is 0.256 e. The van der Waals surface area contributed by atoms with Gasteiger partial charge in [0.05, 0.1) is 29.4 Å². The minimum atomic E-state index is -0.994. The van der Waals surface area contributed by atoms with Crippen molar-refractivity contribution in [2.45, 2.75) is 38.1 Å². The fourth-order valence-electron chi connectivity index (χ4n) is 5.06. The average Bonchev–Trinajstić information content (AvgIpc) is 3.31. The Kier molecular flexibility index (Phi) is 7.44. The zero-order valence-electron chi connectivity index (χ0n) is 21.1. The molecule has 1 aromatic heterocycles. The molecule has 3 aromatic rings. The molecule has 8 nitrogen and oxygen atoms in total. The first-order valence-corrected chi connectivity index (χ1v) is 13.0. The number of ether oxygens (including phenoxy) is 1. The van der Waals surface area contributed by atoms with Crippen LogP contribution in [0.2, 0.25) is 5.02 Å². The van der Waals surface area contributed by atoms with E-state index in [0.29, 0.717) is 42.1 Å². The molecule has 5 rings (SSSR count). The van der Waals surface area contributed by atoms with Crippen molar-refractivity contribution in [2.75, 3.05) is 19.7 Å². The third kappa shape index (κ3) is 5.14. The van der Waals surface area contributed by atoms with Crippen molar-refractivity contribution in [1.82, 2.24) is 20.1 Å². The lowest BCUT2D eigenvalue weighted by molar-refractivity contribution is -0.128. The molecule has 2 aromatic carbocycles. The van der Waals surface area contributed by atoms with Crippen molar-refractivity contribution in [2.24, 2.45) is 0 Å². The fraction of sp³-hybridized carbons (Fsp3) is 0.310. The van der Waals surface area contributed by atoms with Crippen molar-refractivity contribution in [3.05, 3.63) is 100 Å². The molecule has 3 heterocycles. The Morgan fingerprint density at radius 2 is 1.71 bits per heavy atom. The van der Waals surface area contributed by atoms with Crippen molar-refractivity contribution >= 4 is 29.3 Å². The number of aryl methyl sites for hydroxylation is 1. The van der Waals surface area contributed by atoms with Gasteiger partial charge in [-0.3, -0.25) is 24.3 Å². The van der Waals surface area contributed by atoms with E-state index in [9.17, 15) is 14.4 Å². The SMILES string of the molecule is Cc1ccc(C(=O)N2[C@H](C(=O)NCc3ccccn3)COC23CCN(C(=O)c2ccccc2Cl)CC3)cc1. The number of carbonyl (C=O) groups is 3. The lowest BCUT2D eigenvalue weighted by Crippen LogP contribution is -2.59. The van der Waals surface area contributed by atoms with Crippen LogP contribution in [0.5, 0.6) is 0 Å². The van der Waals surface area contributed by atoms with Gasteiger partial charge in [0, 0.05) is 37.7 Å². The minimum absolute atomic E-state index is 0.0735. The summed E-state index contributed by atoms with van der Waals surface area (Å²) in [7, 11) is 0. The van der Waals surface area contributed by atoms with Crippen molar-refractivity contribution in [3.8, 4) is 0 Å². The molecule has 0 unspecified atom stereocenters. The number of aromatic nitrogens is 1. The zero-order valence-corrected chi connectivity index (χ0v) is 21.9. The van der Waals surface area contributed by atoms with E-state index in [1.807, 2.05) is 37.3 Å². The van der Waals surface area contributed by atoms with Crippen molar-refractivity contribution < 1.29 is 19.1 Å². The fourth-order valence-corrected chi connectivity index (χ4v) is 5.28. The molecule has 2 fully saturated rings. The first kappa shape index (κ1) is 25.9. The van der Waals surface area contributed by atoms with Crippen LogP contribution < -0.4 is 5.32 Å². The van der Waals surface area contributed by atoms with Gasteiger partial charge in [0.1, 0.15) is 11.8 Å². The maximum absolute atomic E-state index is 13.9. The minimum Gasteiger partial charge on any atom is -0.353 e. The highest BCUT2D eigenvalue weighted by molar-refractivity contribution is 6.33. The number of amides is 3. The predicted molar refractivity (Wildman–Crippen MR) is 142 cm³/mol. The lowest BCUT2D eigenvalue weighted by atomic mass is 9.96. The smallest absolute Gasteiger partial charge is 0.256 e. The topological polar surface area (TPSA) is 91.8 Å². The summed E-state index contributed by atoms with van der Waals surface area (Å²) in [5.74, 6) is -0.738. The van der Waals surface area contributed by atoms with Crippen LogP contribution in [-0.2, 0) is 16.1 Å². The molecule has 2 saturated heterocycles. The second-order valence-corrected chi connectivity index (χ2v) is 10.0. The van der Waals surface area contributed by atoms with Gasteiger partial charge in [-0.1, -0.05) is 47.5 Å². The lowest BCUT2D eigenvalue weighted by Gasteiger charge is -2.44. The summed E-state index contributed by atoms with van der Waals surface area (Å²) < 4.78 is 6.27. The van der Waals surface area contributed by atoms with Gasteiger partial charge >= 0.3 is 0 Å². The molecule has 3 amide bonds. The summed E-state index contributed by atoms with van der Waals surface area (Å²) in [5.41, 5.74) is 1.68. The molecule has 1 atom stereocenters. The Morgan fingerprint density at radius 3 is 2.39 bits per heavy atom. The third-order valence-electron chi connectivity index (χ3n) is 7.19. The molecular weight excluding hydrogens is 504 g/mol. The quantitative estimate of drug-likeness (QED) is 0.539. The number of hydrogen-bond acceptors (Lipinski definition) is 5. The number of piperidine rings is 1. The first-order valence-electron chi connectivity index (χ1n) is 12.6. The number of hydrogen-bond donors (Lipinski definition) is 1. The van der Waals surface area contributed by atoms with Crippen LogP contribution in [0.1, 0.15) is 44.8 Å². The van der Waals surface area contributed by atoms with Gasteiger partial charge < -0.3 is 15.0 Å². The van der Waals surface area contributed by atoms with Crippen LogP contribution in [0.15, 0.2) is 72.9 Å². The molecule has 0 aliphatic carbocycles. The van der Waals surface area contributed by atoms with E-state index in [0.717, 1.165) is 11.3 Å². The Balaban J connectivity index is 1.37. The Bertz CT molecular complexity index is 1320. The summed E-state index contributed by atoms with van der Waals surface area (Å²) in [6.45, 7) is 3.00. The summed E-state index contributed by atoms with van der Waals surface area (Å²) in [6.07, 6.45) is 2.43. The number of likely N-dealkylation sites (tertiary alicyclic amines) is 1. The molecular formula is C29H29ClN4O4. The molecule has 1 spiro atoms. The number of pyridine rings is 1. The van der Waals surface area contributed by atoms with Gasteiger partial charge in [-0.05, 0) is 43.3 Å². The van der Waals surface area contributed by atoms with E-state index in [4.69, 9.17) is 16.3 Å². The second kappa shape index (κ2) is 10.9. The molecule has 0 bridgehead atoms. The number of halogens is 1. The monoisotopic (exact) mass is 532 g/mol. The summed E-state index contributed by atoms with van der Waals surface area (Å²) in [4.78, 5) is 47.9. The summed E-state index contributed by atoms with van der Waals surface area (Å²) >= 11 is 6.26. The Hall–Kier alpha value is -3.75. The van der Waals surface area contributed by atoms with Gasteiger partial charge in [0.15, 0.2) is 0 Å². The molecule has 9 heteroatoms. The normalized spacial score (nSPS) is 18.4. The molecule has 0 saturated carbocycles. The molecule has 1 N–H and O–H groups in total. The van der Waals surface area contributed by atoms with Crippen LogP contribution in [0.25, 0.3) is 0 Å². The highest BCUT2D eigenvalue weighted by Gasteiger charge is 2.54. The number of benzene rings is 2. The molecule has 2 aliphatic rings. The molecule has 38 heavy (non-hydrogen) atoms. The Labute approximate surface area is 226 Å². The highest BCUT2D eigenvalue weighted by atomic mass is 35.5. The maximum atomic E-state index is 13.9. The molecule has 2 aliphatic heterocycles. The molecule has 0 radical (unpaired) electrons. The predicted octanol–water partition coefficient (Wildman–Crippen LogP) is 3.83. The standard InChI is InChI=1S/C29H29ClN4O4/c1-20-9-11-21(12-10-20)27(36)34-25(26(35)32-18-22-6-4-5-15-31-22)19-38-29(34)13-16-33(17-14-29)28(37)23-7-2-3-8-24(23)30/h2-12,15,25H,13-14,16-19H2,1H3,(H,32,35)/t25-/m0/s1. The largest absolute Gasteiger partial charge is 0.353 e. The van der Waals surface area contributed by atoms with E-state index in [1.165, 1.54) is 0 Å². The van der Waals surface area contributed by atoms with Gasteiger partial charge in [-0.25, -0.2) is 0 Å². The zero-order chi connectivity index (χ0) is 26.7. The highest BCUT2D eigenvalue weighted by Crippen LogP contribution is 2.39. The van der Waals surface area contributed by atoms with Crippen molar-refractivity contribution in [3.63, 3.8) is 0 Å². The summed E-state index contributed by atoms with van der Waals surface area (Å²) in [6, 6.07) is 18.9. The van der Waals surface area contributed by atoms with E-state index in [1.54, 1.807) is 52.4 Å². The summed E-state index contributed by atoms with van der Waals surface area (Å²) in [5, 5.41) is 3.31. The van der Waals surface area contributed by atoms with Crippen LogP contribution in [0.3, 0.4) is 0 Å². The van der Waals surface area contributed by atoms with Gasteiger partial charge in [0.25, 0.3) is 11.8 Å². The van der Waals surface area contributed by atoms with Gasteiger partial charge in [-0.15, -0.1) is 0 Å². The number of nitrogens with one attached hydrogen (secondary N) is 1. The molecule has 196 valence electrons. The number of carbonyl (C=O) groups excluding carboxylic acids is 3. The Morgan fingerprint density at radius 1 is 1.00 bits per heavy atom. The van der Waals surface area contributed by atoms with E-state index < -0.39 is 11.8 Å². The van der Waals surface area contributed by atoms with Gasteiger partial charge in [-0.2, -0.15) is 0 Å².